The number of fused-ring (bicyclic) bond motifs is 1. The van der Waals surface area contributed by atoms with E-state index in [-0.39, 0.29) is 5.56 Å². The molecule has 0 radical (unpaired) electrons. The Hall–Kier alpha value is -3.48. The number of hydrogen-bond donors (Lipinski definition) is 1. The van der Waals surface area contributed by atoms with Crippen LogP contribution in [0.5, 0.6) is 5.75 Å². The molecule has 2 aromatic carbocycles. The van der Waals surface area contributed by atoms with Crippen molar-refractivity contribution in [3.8, 4) is 5.75 Å². The SMILES string of the molecule is Cc1ccccc1CN(CCCCCOc1ccc2[nH]c(=O)ccc2c1)CCN(C)Cc1ccccn1. The number of aromatic nitrogens is 2. The normalized spacial score (nSPS) is 11.5. The second kappa shape index (κ2) is 13.7. The second-order valence-corrected chi connectivity index (χ2v) is 9.74. The van der Waals surface area contributed by atoms with Gasteiger partial charge in [0.05, 0.1) is 12.3 Å². The number of nitrogens with zero attached hydrogens (tertiary/aromatic N) is 3. The number of benzene rings is 2. The quantitative estimate of drug-likeness (QED) is 0.235. The van der Waals surface area contributed by atoms with Gasteiger partial charge in [-0.1, -0.05) is 30.3 Å². The van der Waals surface area contributed by atoms with Crippen LogP contribution in [0.3, 0.4) is 0 Å². The van der Waals surface area contributed by atoms with Crippen molar-refractivity contribution in [1.29, 1.82) is 0 Å². The van der Waals surface area contributed by atoms with Gasteiger partial charge in [0.15, 0.2) is 0 Å². The van der Waals surface area contributed by atoms with Gasteiger partial charge in [0.25, 0.3) is 0 Å². The minimum absolute atomic E-state index is 0.0857. The van der Waals surface area contributed by atoms with E-state index in [4.69, 9.17) is 4.74 Å². The van der Waals surface area contributed by atoms with Gasteiger partial charge in [0.2, 0.25) is 5.56 Å². The second-order valence-electron chi connectivity index (χ2n) is 9.74. The third-order valence-corrected chi connectivity index (χ3v) is 6.69. The lowest BCUT2D eigenvalue weighted by Crippen LogP contribution is -2.33. The highest BCUT2D eigenvalue weighted by molar-refractivity contribution is 5.79. The van der Waals surface area contributed by atoms with Crippen LogP contribution in [-0.2, 0) is 13.1 Å². The maximum absolute atomic E-state index is 11.5. The molecule has 37 heavy (non-hydrogen) atoms. The average Bonchev–Trinajstić information content (AvgIpc) is 2.90. The van der Waals surface area contributed by atoms with E-state index in [1.54, 1.807) is 6.07 Å². The Morgan fingerprint density at radius 2 is 1.73 bits per heavy atom. The van der Waals surface area contributed by atoms with E-state index in [9.17, 15) is 4.79 Å². The molecule has 0 aliphatic rings. The van der Waals surface area contributed by atoms with E-state index in [1.807, 2.05) is 42.6 Å². The van der Waals surface area contributed by atoms with Gasteiger partial charge in [-0.3, -0.25) is 19.6 Å². The van der Waals surface area contributed by atoms with Crippen molar-refractivity contribution in [1.82, 2.24) is 19.8 Å². The van der Waals surface area contributed by atoms with Crippen molar-refractivity contribution >= 4 is 10.9 Å². The molecule has 6 nitrogen and oxygen atoms in total. The first-order valence-corrected chi connectivity index (χ1v) is 13.2. The maximum Gasteiger partial charge on any atom is 0.248 e. The Morgan fingerprint density at radius 3 is 2.57 bits per heavy atom. The summed E-state index contributed by atoms with van der Waals surface area (Å²) in [6.45, 7) is 7.81. The van der Waals surface area contributed by atoms with Crippen LogP contribution >= 0.6 is 0 Å². The van der Waals surface area contributed by atoms with Crippen molar-refractivity contribution in [2.24, 2.45) is 0 Å². The predicted octanol–water partition coefficient (Wildman–Crippen LogP) is 5.41. The molecule has 0 spiro atoms. The smallest absolute Gasteiger partial charge is 0.248 e. The summed E-state index contributed by atoms with van der Waals surface area (Å²) in [7, 11) is 2.17. The molecule has 0 fully saturated rings. The lowest BCUT2D eigenvalue weighted by Gasteiger charge is -2.26. The van der Waals surface area contributed by atoms with E-state index >= 15 is 0 Å². The minimum Gasteiger partial charge on any atom is -0.494 e. The number of ether oxygens (including phenoxy) is 1. The molecule has 0 aliphatic carbocycles. The number of H-pyrrole nitrogens is 1. The van der Waals surface area contributed by atoms with Crippen molar-refractivity contribution in [3.05, 3.63) is 106 Å². The Bertz CT molecular complexity index is 1310. The topological polar surface area (TPSA) is 61.5 Å². The highest BCUT2D eigenvalue weighted by atomic mass is 16.5. The summed E-state index contributed by atoms with van der Waals surface area (Å²) in [6.07, 6.45) is 5.13. The fourth-order valence-corrected chi connectivity index (χ4v) is 4.48. The number of aromatic amines is 1. The summed E-state index contributed by atoms with van der Waals surface area (Å²) in [5, 5.41) is 0.983. The van der Waals surface area contributed by atoms with Crippen molar-refractivity contribution < 1.29 is 4.74 Å². The highest BCUT2D eigenvalue weighted by Crippen LogP contribution is 2.19. The van der Waals surface area contributed by atoms with Crippen LogP contribution in [0.2, 0.25) is 0 Å². The number of unbranched alkanes of at least 4 members (excludes halogenated alkanes) is 2. The fraction of sp³-hybridized carbons (Fsp3) is 0.355. The summed E-state index contributed by atoms with van der Waals surface area (Å²) in [4.78, 5) is 23.7. The molecule has 0 amide bonds. The molecule has 0 atom stereocenters. The predicted molar refractivity (Wildman–Crippen MR) is 151 cm³/mol. The van der Waals surface area contributed by atoms with Gasteiger partial charge in [0.1, 0.15) is 5.75 Å². The van der Waals surface area contributed by atoms with Gasteiger partial charge in [0, 0.05) is 49.3 Å². The molecular weight excluding hydrogens is 460 g/mol. The van der Waals surface area contributed by atoms with E-state index in [0.717, 1.165) is 74.3 Å². The number of rotatable bonds is 14. The lowest BCUT2D eigenvalue weighted by molar-refractivity contribution is 0.208. The molecule has 0 aliphatic heterocycles. The molecule has 0 saturated heterocycles. The first kappa shape index (κ1) is 26.6. The molecule has 2 heterocycles. The van der Waals surface area contributed by atoms with E-state index in [0.29, 0.717) is 6.61 Å². The van der Waals surface area contributed by atoms with E-state index < -0.39 is 0 Å². The molecule has 1 N–H and O–H groups in total. The number of pyridine rings is 2. The summed E-state index contributed by atoms with van der Waals surface area (Å²) < 4.78 is 5.98. The lowest BCUT2D eigenvalue weighted by atomic mass is 10.1. The largest absolute Gasteiger partial charge is 0.494 e. The first-order chi connectivity index (χ1) is 18.1. The third-order valence-electron chi connectivity index (χ3n) is 6.69. The molecule has 0 unspecified atom stereocenters. The number of nitrogens with one attached hydrogen (secondary N) is 1. The van der Waals surface area contributed by atoms with Crippen LogP contribution in [0.1, 0.15) is 36.1 Å². The van der Waals surface area contributed by atoms with Gasteiger partial charge < -0.3 is 9.72 Å². The molecule has 4 rings (SSSR count). The summed E-state index contributed by atoms with van der Waals surface area (Å²) in [5.41, 5.74) is 4.60. The van der Waals surface area contributed by atoms with E-state index in [1.165, 1.54) is 11.1 Å². The van der Waals surface area contributed by atoms with Crippen molar-refractivity contribution in [2.45, 2.75) is 39.3 Å². The van der Waals surface area contributed by atoms with Crippen LogP contribution in [0.4, 0.5) is 0 Å². The van der Waals surface area contributed by atoms with Gasteiger partial charge >= 0.3 is 0 Å². The van der Waals surface area contributed by atoms with Crippen LogP contribution in [0.25, 0.3) is 10.9 Å². The van der Waals surface area contributed by atoms with Gasteiger partial charge in [-0.25, -0.2) is 0 Å². The molecule has 2 aromatic heterocycles. The Morgan fingerprint density at radius 1 is 0.865 bits per heavy atom. The summed E-state index contributed by atoms with van der Waals surface area (Å²) in [5.74, 6) is 0.844. The zero-order valence-corrected chi connectivity index (χ0v) is 22.0. The summed E-state index contributed by atoms with van der Waals surface area (Å²) >= 11 is 0. The molecule has 0 bridgehead atoms. The Kier molecular flexibility index (Phi) is 9.86. The number of likely N-dealkylation sites (N-methyl/N-ethyl adjacent to an activating group) is 1. The van der Waals surface area contributed by atoms with Crippen molar-refractivity contribution in [2.75, 3.05) is 33.3 Å². The first-order valence-electron chi connectivity index (χ1n) is 13.2. The monoisotopic (exact) mass is 498 g/mol. The molecule has 194 valence electrons. The average molecular weight is 499 g/mol. The zero-order chi connectivity index (χ0) is 25.9. The third kappa shape index (κ3) is 8.55. The Balaban J connectivity index is 1.23. The van der Waals surface area contributed by atoms with Gasteiger partial charge in [-0.05, 0) is 87.3 Å². The zero-order valence-electron chi connectivity index (χ0n) is 22.0. The summed E-state index contributed by atoms with van der Waals surface area (Å²) in [6, 6.07) is 24.0. The number of hydrogen-bond acceptors (Lipinski definition) is 5. The molecule has 0 saturated carbocycles. The van der Waals surface area contributed by atoms with Gasteiger partial charge in [-0.2, -0.15) is 0 Å². The highest BCUT2D eigenvalue weighted by Gasteiger charge is 2.10. The molecule has 4 aromatic rings. The van der Waals surface area contributed by atoms with E-state index in [2.05, 4.69) is 64.1 Å². The van der Waals surface area contributed by atoms with Crippen LogP contribution in [0.15, 0.2) is 83.8 Å². The van der Waals surface area contributed by atoms with Crippen LogP contribution in [0, 0.1) is 6.92 Å². The van der Waals surface area contributed by atoms with Crippen LogP contribution < -0.4 is 10.3 Å². The standard InChI is InChI=1S/C31H38N4O2/c1-25-10-4-5-11-27(25)23-35(20-19-34(2)24-28-12-6-7-17-32-28)18-8-3-9-21-37-29-14-15-30-26(22-29)13-16-31(36)33-30/h4-7,10-17,22H,3,8-9,18-21,23-24H2,1-2H3,(H,33,36). The molecule has 6 heteroatoms. The maximum atomic E-state index is 11.5. The minimum atomic E-state index is -0.0857. The molecular formula is C31H38N4O2. The van der Waals surface area contributed by atoms with Crippen LogP contribution in [-0.4, -0.2) is 53.1 Å². The van der Waals surface area contributed by atoms with Gasteiger partial charge in [-0.15, -0.1) is 0 Å². The Labute approximate surface area is 219 Å². The fourth-order valence-electron chi connectivity index (χ4n) is 4.48. The number of aryl methyl sites for hydroxylation is 1. The van der Waals surface area contributed by atoms with Crippen molar-refractivity contribution in [3.63, 3.8) is 0 Å².